The number of likely N-dealkylation sites (N-methyl/N-ethyl adjacent to an activating group) is 1. The molecule has 3 N–H and O–H groups in total. The van der Waals surface area contributed by atoms with Gasteiger partial charge in [0.1, 0.15) is 11.9 Å². The second kappa shape index (κ2) is 6.48. The maximum atomic E-state index is 9.96. The number of hydrogen-bond acceptors (Lipinski definition) is 4. The van der Waals surface area contributed by atoms with Crippen LogP contribution in [0.3, 0.4) is 0 Å². The highest BCUT2D eigenvalue weighted by molar-refractivity contribution is 5.35. The fourth-order valence-corrected chi connectivity index (χ4v) is 1.54. The third kappa shape index (κ3) is 3.20. The Balaban J connectivity index is 2.84. The Labute approximate surface area is 95.9 Å². The van der Waals surface area contributed by atoms with Crippen molar-refractivity contribution in [2.24, 2.45) is 0 Å². The third-order valence-corrected chi connectivity index (χ3v) is 2.32. The lowest BCUT2D eigenvalue weighted by Crippen LogP contribution is -2.29. The minimum atomic E-state index is -0.935. The van der Waals surface area contributed by atoms with Crippen LogP contribution < -0.4 is 10.1 Å². The van der Waals surface area contributed by atoms with Crippen molar-refractivity contribution in [3.63, 3.8) is 0 Å². The van der Waals surface area contributed by atoms with Crippen LogP contribution in [0.15, 0.2) is 24.3 Å². The molecule has 4 heteroatoms. The van der Waals surface area contributed by atoms with E-state index in [2.05, 4.69) is 5.32 Å². The number of rotatable bonds is 6. The zero-order chi connectivity index (χ0) is 12.0. The van der Waals surface area contributed by atoms with Gasteiger partial charge in [-0.25, -0.2) is 0 Å². The van der Waals surface area contributed by atoms with E-state index in [0.29, 0.717) is 24.5 Å². The van der Waals surface area contributed by atoms with Gasteiger partial charge in [0.05, 0.1) is 12.7 Å². The minimum absolute atomic E-state index is 0.335. The van der Waals surface area contributed by atoms with Gasteiger partial charge in [0.2, 0.25) is 0 Å². The maximum absolute atomic E-state index is 9.96. The summed E-state index contributed by atoms with van der Waals surface area (Å²) in [4.78, 5) is 0. The first kappa shape index (κ1) is 13.0. The Morgan fingerprint density at radius 2 is 2.00 bits per heavy atom. The smallest absolute Gasteiger partial charge is 0.125 e. The van der Waals surface area contributed by atoms with E-state index in [0.717, 1.165) is 0 Å². The Bertz CT molecular complexity index is 317. The predicted molar refractivity (Wildman–Crippen MR) is 62.5 cm³/mol. The van der Waals surface area contributed by atoms with Crippen molar-refractivity contribution in [2.45, 2.75) is 19.1 Å². The van der Waals surface area contributed by atoms with Crippen molar-refractivity contribution in [2.75, 3.05) is 20.2 Å². The molecule has 1 aromatic carbocycles. The molecule has 0 saturated heterocycles. The summed E-state index contributed by atoms with van der Waals surface area (Å²) in [6.07, 6.45) is -1.78. The fraction of sp³-hybridized carbons (Fsp3) is 0.500. The number of benzene rings is 1. The molecule has 2 atom stereocenters. The molecule has 1 aromatic rings. The van der Waals surface area contributed by atoms with E-state index in [1.165, 1.54) is 0 Å². The second-order valence-corrected chi connectivity index (χ2v) is 3.54. The summed E-state index contributed by atoms with van der Waals surface area (Å²) < 4.78 is 5.39. The topological polar surface area (TPSA) is 61.7 Å². The van der Waals surface area contributed by atoms with Gasteiger partial charge in [0.15, 0.2) is 0 Å². The number of hydrogen-bond donors (Lipinski definition) is 3. The summed E-state index contributed by atoms with van der Waals surface area (Å²) in [7, 11) is 1.73. The highest BCUT2D eigenvalue weighted by Crippen LogP contribution is 2.26. The molecule has 4 nitrogen and oxygen atoms in total. The molecule has 0 aliphatic carbocycles. The summed E-state index contributed by atoms with van der Waals surface area (Å²) in [5.74, 6) is 0.618. The van der Waals surface area contributed by atoms with E-state index in [4.69, 9.17) is 4.74 Å². The van der Waals surface area contributed by atoms with Crippen molar-refractivity contribution in [3.05, 3.63) is 29.8 Å². The number of nitrogens with one attached hydrogen (secondary N) is 1. The van der Waals surface area contributed by atoms with E-state index in [1.54, 1.807) is 19.2 Å². The van der Waals surface area contributed by atoms with E-state index >= 15 is 0 Å². The molecule has 16 heavy (non-hydrogen) atoms. The van der Waals surface area contributed by atoms with E-state index in [-0.39, 0.29) is 0 Å². The van der Waals surface area contributed by atoms with Crippen LogP contribution in [0, 0.1) is 0 Å². The van der Waals surface area contributed by atoms with E-state index in [9.17, 15) is 10.2 Å². The van der Waals surface area contributed by atoms with Crippen LogP contribution in [0.5, 0.6) is 5.75 Å². The molecule has 0 fully saturated rings. The van der Waals surface area contributed by atoms with Gasteiger partial charge in [-0.2, -0.15) is 0 Å². The Hall–Kier alpha value is -1.10. The first-order chi connectivity index (χ1) is 7.70. The van der Waals surface area contributed by atoms with Gasteiger partial charge in [-0.15, -0.1) is 0 Å². The van der Waals surface area contributed by atoms with Gasteiger partial charge < -0.3 is 20.3 Å². The van der Waals surface area contributed by atoms with E-state index in [1.807, 2.05) is 19.1 Å². The van der Waals surface area contributed by atoms with Gasteiger partial charge >= 0.3 is 0 Å². The van der Waals surface area contributed by atoms with Crippen molar-refractivity contribution < 1.29 is 14.9 Å². The van der Waals surface area contributed by atoms with Crippen LogP contribution in [0.1, 0.15) is 18.6 Å². The average Bonchev–Trinajstić information content (AvgIpc) is 2.29. The largest absolute Gasteiger partial charge is 0.493 e. The highest BCUT2D eigenvalue weighted by atomic mass is 16.5. The molecule has 0 saturated carbocycles. The molecule has 2 unspecified atom stereocenters. The first-order valence-corrected chi connectivity index (χ1v) is 5.43. The molecule has 0 aliphatic rings. The molecular weight excluding hydrogens is 206 g/mol. The molecule has 90 valence electrons. The van der Waals surface area contributed by atoms with Crippen LogP contribution in [0.25, 0.3) is 0 Å². The molecule has 0 heterocycles. The molecule has 1 rings (SSSR count). The molecule has 0 amide bonds. The van der Waals surface area contributed by atoms with Crippen LogP contribution in [-0.2, 0) is 0 Å². The summed E-state index contributed by atoms with van der Waals surface area (Å²) in [5, 5.41) is 22.5. The van der Waals surface area contributed by atoms with Gasteiger partial charge in [0, 0.05) is 12.1 Å². The third-order valence-electron chi connectivity index (χ3n) is 2.32. The van der Waals surface area contributed by atoms with Crippen molar-refractivity contribution in [3.8, 4) is 5.75 Å². The summed E-state index contributed by atoms with van der Waals surface area (Å²) in [6.45, 7) is 2.75. The number of aliphatic hydroxyl groups excluding tert-OH is 2. The first-order valence-electron chi connectivity index (χ1n) is 5.43. The lowest BCUT2D eigenvalue weighted by molar-refractivity contribution is 0.0186. The van der Waals surface area contributed by atoms with Crippen molar-refractivity contribution in [1.29, 1.82) is 0 Å². The lowest BCUT2D eigenvalue weighted by atomic mass is 10.0. The zero-order valence-electron chi connectivity index (χ0n) is 9.68. The zero-order valence-corrected chi connectivity index (χ0v) is 9.68. The SMILES string of the molecule is CCOc1ccccc1C(O)C(O)CNC. The normalized spacial score (nSPS) is 14.5. The van der Waals surface area contributed by atoms with Crippen LogP contribution >= 0.6 is 0 Å². The van der Waals surface area contributed by atoms with Gasteiger partial charge in [-0.05, 0) is 20.0 Å². The molecule has 0 bridgehead atoms. The second-order valence-electron chi connectivity index (χ2n) is 3.54. The fourth-order valence-electron chi connectivity index (χ4n) is 1.54. The molecule has 0 aromatic heterocycles. The van der Waals surface area contributed by atoms with Crippen LogP contribution in [-0.4, -0.2) is 36.5 Å². The lowest BCUT2D eigenvalue weighted by Gasteiger charge is -2.20. The molecule has 0 aliphatic heterocycles. The number of para-hydroxylation sites is 1. The van der Waals surface area contributed by atoms with Crippen LogP contribution in [0.4, 0.5) is 0 Å². The standard InChI is InChI=1S/C12H19NO3/c1-3-16-11-7-5-4-6-9(11)12(15)10(14)8-13-2/h4-7,10,12-15H,3,8H2,1-2H3. The molecule has 0 spiro atoms. The van der Waals surface area contributed by atoms with Gasteiger partial charge in [-0.1, -0.05) is 18.2 Å². The van der Waals surface area contributed by atoms with Gasteiger partial charge in [0.25, 0.3) is 0 Å². The van der Waals surface area contributed by atoms with Crippen molar-refractivity contribution in [1.82, 2.24) is 5.32 Å². The van der Waals surface area contributed by atoms with Crippen LogP contribution in [0.2, 0.25) is 0 Å². The van der Waals surface area contributed by atoms with E-state index < -0.39 is 12.2 Å². The number of ether oxygens (including phenoxy) is 1. The molecular formula is C12H19NO3. The molecule has 0 radical (unpaired) electrons. The summed E-state index contributed by atoms with van der Waals surface area (Å²) in [6, 6.07) is 7.20. The Morgan fingerprint density at radius 1 is 1.31 bits per heavy atom. The summed E-state index contributed by atoms with van der Waals surface area (Å²) >= 11 is 0. The maximum Gasteiger partial charge on any atom is 0.125 e. The number of aliphatic hydroxyl groups is 2. The highest BCUT2D eigenvalue weighted by Gasteiger charge is 2.20. The van der Waals surface area contributed by atoms with Gasteiger partial charge in [-0.3, -0.25) is 0 Å². The average molecular weight is 225 g/mol. The Morgan fingerprint density at radius 3 is 2.62 bits per heavy atom. The quantitative estimate of drug-likeness (QED) is 0.667. The summed E-state index contributed by atoms with van der Waals surface area (Å²) in [5.41, 5.74) is 0.618. The minimum Gasteiger partial charge on any atom is -0.493 e. The van der Waals surface area contributed by atoms with Crippen molar-refractivity contribution >= 4 is 0 Å². The predicted octanol–water partition coefficient (Wildman–Crippen LogP) is 0.699. The Kier molecular flexibility index (Phi) is 5.25. The monoisotopic (exact) mass is 225 g/mol.